The fraction of sp³-hybridized carbons (Fsp3) is 0.300. The maximum atomic E-state index is 12.4. The molecular formula is C20H20N2O4. The van der Waals surface area contributed by atoms with Gasteiger partial charge in [0, 0.05) is 35.5 Å². The molecule has 1 aliphatic heterocycles. The summed E-state index contributed by atoms with van der Waals surface area (Å²) in [5, 5.41) is 1.15. The molecule has 1 atom stereocenters. The van der Waals surface area contributed by atoms with Crippen LogP contribution in [-0.4, -0.2) is 42.2 Å². The Morgan fingerprint density at radius 1 is 1.42 bits per heavy atom. The van der Waals surface area contributed by atoms with E-state index in [1.165, 1.54) is 18.7 Å². The van der Waals surface area contributed by atoms with Gasteiger partial charge in [-0.05, 0) is 18.1 Å². The highest BCUT2D eigenvalue weighted by Crippen LogP contribution is 2.36. The monoisotopic (exact) mass is 352 g/mol. The first kappa shape index (κ1) is 17.6. The summed E-state index contributed by atoms with van der Waals surface area (Å²) in [5.74, 6) is 4.65. The van der Waals surface area contributed by atoms with Crippen molar-refractivity contribution in [1.82, 2.24) is 9.88 Å². The second-order valence-corrected chi connectivity index (χ2v) is 5.89. The Labute approximate surface area is 151 Å². The number of benzene rings is 1. The first-order valence-electron chi connectivity index (χ1n) is 8.36. The lowest BCUT2D eigenvalue weighted by atomic mass is 9.96. The number of aromatic amines is 1. The first-order valence-corrected chi connectivity index (χ1v) is 8.36. The van der Waals surface area contributed by atoms with Gasteiger partial charge >= 0.3 is 12.1 Å². The van der Waals surface area contributed by atoms with Crippen molar-refractivity contribution >= 4 is 23.0 Å². The van der Waals surface area contributed by atoms with Crippen LogP contribution in [0.5, 0.6) is 0 Å². The fourth-order valence-electron chi connectivity index (χ4n) is 3.23. The van der Waals surface area contributed by atoms with E-state index in [-0.39, 0.29) is 12.6 Å². The summed E-state index contributed by atoms with van der Waals surface area (Å²) in [6.45, 7) is 4.24. The van der Waals surface area contributed by atoms with E-state index < -0.39 is 12.1 Å². The molecule has 1 aromatic heterocycles. The maximum absolute atomic E-state index is 12.4. The minimum absolute atomic E-state index is 0.148. The van der Waals surface area contributed by atoms with Crippen LogP contribution < -0.4 is 0 Å². The number of para-hydroxylation sites is 1. The van der Waals surface area contributed by atoms with Crippen LogP contribution in [0.4, 0.5) is 4.79 Å². The molecule has 1 aliphatic rings. The molecule has 26 heavy (non-hydrogen) atoms. The number of amides is 1. The molecule has 3 rings (SSSR count). The number of fused-ring (bicyclic) bond motifs is 3. The quantitative estimate of drug-likeness (QED) is 0.399. The standard InChI is InChI=1S/C20H20N2O4/c1-3-13-26-20(24)22-12-11-15-14-7-4-5-8-16(14)21-19(15)17(22)9-6-10-18(23)25-2/h3-5,7-8,17,21H,1,9,11-13H2,2H3/t17-/m0/s1. The summed E-state index contributed by atoms with van der Waals surface area (Å²) in [7, 11) is 1.28. The molecule has 1 amide bonds. The van der Waals surface area contributed by atoms with Crippen LogP contribution in [-0.2, 0) is 20.7 Å². The molecule has 6 heteroatoms. The number of hydrogen-bond donors (Lipinski definition) is 1. The highest BCUT2D eigenvalue weighted by Gasteiger charge is 2.33. The van der Waals surface area contributed by atoms with Crippen LogP contribution in [0.2, 0.25) is 0 Å². The zero-order valence-corrected chi connectivity index (χ0v) is 14.6. The molecule has 0 unspecified atom stereocenters. The topological polar surface area (TPSA) is 71.6 Å². The molecule has 134 valence electrons. The summed E-state index contributed by atoms with van der Waals surface area (Å²) in [5.41, 5.74) is 3.13. The Balaban J connectivity index is 1.96. The highest BCUT2D eigenvalue weighted by atomic mass is 16.6. The summed E-state index contributed by atoms with van der Waals surface area (Å²) in [6, 6.07) is 7.71. The number of carbonyl (C=O) groups excluding carboxylic acids is 2. The van der Waals surface area contributed by atoms with Gasteiger partial charge in [0.25, 0.3) is 0 Å². The summed E-state index contributed by atoms with van der Waals surface area (Å²) < 4.78 is 9.76. The van der Waals surface area contributed by atoms with Crippen molar-refractivity contribution in [3.63, 3.8) is 0 Å². The Kier molecular flexibility index (Phi) is 5.28. The molecule has 2 heterocycles. The Morgan fingerprint density at radius 2 is 2.23 bits per heavy atom. The van der Waals surface area contributed by atoms with Gasteiger partial charge in [0.05, 0.1) is 13.2 Å². The molecule has 0 fully saturated rings. The average Bonchev–Trinajstić information content (AvgIpc) is 3.05. The molecule has 2 aromatic rings. The summed E-state index contributed by atoms with van der Waals surface area (Å²) >= 11 is 0. The fourth-order valence-corrected chi connectivity index (χ4v) is 3.23. The van der Waals surface area contributed by atoms with Crippen molar-refractivity contribution in [2.45, 2.75) is 18.9 Å². The van der Waals surface area contributed by atoms with E-state index in [1.807, 2.05) is 18.2 Å². The van der Waals surface area contributed by atoms with E-state index in [2.05, 4.69) is 34.2 Å². The number of methoxy groups -OCH3 is 1. The summed E-state index contributed by atoms with van der Waals surface area (Å²) in [4.78, 5) is 28.8. The van der Waals surface area contributed by atoms with Gasteiger partial charge in [0.15, 0.2) is 0 Å². The minimum Gasteiger partial charge on any atom is -0.459 e. The zero-order valence-electron chi connectivity index (χ0n) is 14.6. The average molecular weight is 352 g/mol. The molecule has 0 aliphatic carbocycles. The van der Waals surface area contributed by atoms with Gasteiger partial charge in [-0.25, -0.2) is 9.59 Å². The zero-order chi connectivity index (χ0) is 18.5. The Hall–Kier alpha value is -3.20. The smallest absolute Gasteiger partial charge is 0.410 e. The van der Waals surface area contributed by atoms with Crippen molar-refractivity contribution < 1.29 is 19.1 Å². The maximum Gasteiger partial charge on any atom is 0.410 e. The lowest BCUT2D eigenvalue weighted by Gasteiger charge is -2.34. The van der Waals surface area contributed by atoms with Gasteiger partial charge in [-0.2, -0.15) is 0 Å². The Bertz CT molecular complexity index is 903. The van der Waals surface area contributed by atoms with E-state index in [9.17, 15) is 9.59 Å². The van der Waals surface area contributed by atoms with Gasteiger partial charge in [-0.1, -0.05) is 36.8 Å². The van der Waals surface area contributed by atoms with Crippen molar-refractivity contribution in [2.75, 3.05) is 20.3 Å². The van der Waals surface area contributed by atoms with E-state index >= 15 is 0 Å². The third-order valence-corrected chi connectivity index (χ3v) is 4.39. The number of esters is 1. The molecule has 0 bridgehead atoms. The number of rotatable bonds is 3. The van der Waals surface area contributed by atoms with Crippen LogP contribution in [0.1, 0.15) is 23.7 Å². The second-order valence-electron chi connectivity index (χ2n) is 5.89. The molecule has 0 spiro atoms. The molecule has 1 aromatic carbocycles. The van der Waals surface area contributed by atoms with Crippen LogP contribution in [0.3, 0.4) is 0 Å². The molecule has 0 saturated carbocycles. The number of nitrogens with one attached hydrogen (secondary N) is 1. The van der Waals surface area contributed by atoms with Crippen molar-refractivity contribution in [3.8, 4) is 11.8 Å². The van der Waals surface area contributed by atoms with E-state index in [0.717, 1.165) is 23.0 Å². The third kappa shape index (κ3) is 3.42. The van der Waals surface area contributed by atoms with Crippen LogP contribution in [0.25, 0.3) is 10.9 Å². The summed E-state index contributed by atoms with van der Waals surface area (Å²) in [6.07, 6.45) is 2.14. The second kappa shape index (κ2) is 7.79. The lowest BCUT2D eigenvalue weighted by Crippen LogP contribution is -2.40. The molecule has 0 saturated heterocycles. The number of carbonyl (C=O) groups is 2. The molecular weight excluding hydrogens is 332 g/mol. The van der Waals surface area contributed by atoms with Gasteiger partial charge < -0.3 is 14.5 Å². The Morgan fingerprint density at radius 3 is 3.00 bits per heavy atom. The van der Waals surface area contributed by atoms with E-state index in [1.54, 1.807) is 4.90 Å². The predicted octanol–water partition coefficient (Wildman–Crippen LogP) is 2.96. The number of nitrogens with zero attached hydrogens (tertiary/aromatic N) is 1. The first-order chi connectivity index (χ1) is 12.7. The van der Waals surface area contributed by atoms with Crippen molar-refractivity contribution in [2.24, 2.45) is 0 Å². The van der Waals surface area contributed by atoms with Gasteiger partial charge in [0.1, 0.15) is 6.61 Å². The predicted molar refractivity (Wildman–Crippen MR) is 97.4 cm³/mol. The van der Waals surface area contributed by atoms with E-state index in [4.69, 9.17) is 4.74 Å². The van der Waals surface area contributed by atoms with Gasteiger partial charge in [-0.15, -0.1) is 0 Å². The number of ether oxygens (including phenoxy) is 2. The normalized spacial score (nSPS) is 15.6. The SMILES string of the molecule is C=CCOC(=O)N1CCc2c([nH]c3ccccc23)[C@@H]1CC#CC(=O)OC. The van der Waals surface area contributed by atoms with Crippen molar-refractivity contribution in [3.05, 3.63) is 48.2 Å². The largest absolute Gasteiger partial charge is 0.459 e. The number of H-pyrrole nitrogens is 1. The van der Waals surface area contributed by atoms with Gasteiger partial charge in [0.2, 0.25) is 0 Å². The molecule has 0 radical (unpaired) electrons. The highest BCUT2D eigenvalue weighted by molar-refractivity contribution is 5.88. The number of hydrogen-bond acceptors (Lipinski definition) is 4. The third-order valence-electron chi connectivity index (χ3n) is 4.39. The van der Waals surface area contributed by atoms with Crippen LogP contribution >= 0.6 is 0 Å². The number of aromatic nitrogens is 1. The molecule has 1 N–H and O–H groups in total. The van der Waals surface area contributed by atoms with Crippen LogP contribution in [0, 0.1) is 11.8 Å². The van der Waals surface area contributed by atoms with Crippen LogP contribution in [0.15, 0.2) is 36.9 Å². The lowest BCUT2D eigenvalue weighted by molar-refractivity contribution is -0.133. The molecule has 6 nitrogen and oxygen atoms in total. The van der Waals surface area contributed by atoms with E-state index in [0.29, 0.717) is 13.0 Å². The van der Waals surface area contributed by atoms with Gasteiger partial charge in [-0.3, -0.25) is 4.90 Å². The van der Waals surface area contributed by atoms with Crippen molar-refractivity contribution in [1.29, 1.82) is 0 Å². The minimum atomic E-state index is -0.599.